The summed E-state index contributed by atoms with van der Waals surface area (Å²) < 4.78 is 13.0. The number of nitrogens with zero attached hydrogens (tertiary/aromatic N) is 2. The summed E-state index contributed by atoms with van der Waals surface area (Å²) in [4.78, 5) is 7.11. The number of aromatic nitrogens is 1. The summed E-state index contributed by atoms with van der Waals surface area (Å²) >= 11 is 1.74. The highest BCUT2D eigenvalue weighted by molar-refractivity contribution is 7.09. The van der Waals surface area contributed by atoms with Gasteiger partial charge >= 0.3 is 0 Å². The smallest absolute Gasteiger partial charge is 0.123 e. The molecular formula is C16H19FN2S. The lowest BCUT2D eigenvalue weighted by Crippen LogP contribution is -2.23. The van der Waals surface area contributed by atoms with Gasteiger partial charge in [0, 0.05) is 18.0 Å². The van der Waals surface area contributed by atoms with Crippen molar-refractivity contribution in [3.63, 3.8) is 0 Å². The first-order valence-corrected chi connectivity index (χ1v) is 8.07. The van der Waals surface area contributed by atoms with Crippen molar-refractivity contribution in [2.75, 3.05) is 6.54 Å². The van der Waals surface area contributed by atoms with Crippen molar-refractivity contribution in [2.45, 2.75) is 38.8 Å². The highest BCUT2D eigenvalue weighted by Crippen LogP contribution is 2.33. The summed E-state index contributed by atoms with van der Waals surface area (Å²) in [5.41, 5.74) is 2.38. The van der Waals surface area contributed by atoms with Gasteiger partial charge in [-0.05, 0) is 43.5 Å². The Hall–Kier alpha value is -1.26. The summed E-state index contributed by atoms with van der Waals surface area (Å²) in [6.45, 7) is 4.14. The lowest BCUT2D eigenvalue weighted by molar-refractivity contribution is 0.246. The molecule has 4 heteroatoms. The first-order chi connectivity index (χ1) is 9.76. The molecule has 0 spiro atoms. The van der Waals surface area contributed by atoms with Crippen LogP contribution in [0.25, 0.3) is 0 Å². The number of rotatable bonds is 4. The van der Waals surface area contributed by atoms with Gasteiger partial charge in [0.05, 0.1) is 10.7 Å². The van der Waals surface area contributed by atoms with Crippen LogP contribution < -0.4 is 0 Å². The largest absolute Gasteiger partial charge is 0.290 e. The highest BCUT2D eigenvalue weighted by atomic mass is 32.1. The molecule has 1 aromatic carbocycles. The van der Waals surface area contributed by atoms with Gasteiger partial charge in [0.1, 0.15) is 5.82 Å². The fourth-order valence-electron chi connectivity index (χ4n) is 2.87. The Kier molecular flexibility index (Phi) is 4.13. The van der Waals surface area contributed by atoms with E-state index in [2.05, 4.69) is 22.2 Å². The summed E-state index contributed by atoms with van der Waals surface area (Å²) in [5.74, 6) is -0.162. The Morgan fingerprint density at radius 3 is 2.85 bits per heavy atom. The maximum Gasteiger partial charge on any atom is 0.123 e. The minimum absolute atomic E-state index is 0.162. The van der Waals surface area contributed by atoms with E-state index in [1.165, 1.54) is 22.7 Å². The molecule has 1 unspecified atom stereocenters. The van der Waals surface area contributed by atoms with Crippen LogP contribution in [-0.4, -0.2) is 16.4 Å². The van der Waals surface area contributed by atoms with Crippen molar-refractivity contribution >= 4 is 11.3 Å². The molecule has 0 radical (unpaired) electrons. The number of aryl methyl sites for hydroxylation is 1. The average Bonchev–Trinajstić information content (AvgIpc) is 3.09. The molecule has 2 aromatic rings. The minimum Gasteiger partial charge on any atom is -0.290 e. The van der Waals surface area contributed by atoms with Crippen molar-refractivity contribution < 1.29 is 4.39 Å². The number of hydrogen-bond donors (Lipinski definition) is 0. The predicted octanol–water partition coefficient (Wildman–Crippen LogP) is 4.18. The summed E-state index contributed by atoms with van der Waals surface area (Å²) in [6.07, 6.45) is 3.36. The van der Waals surface area contributed by atoms with Gasteiger partial charge in [0.15, 0.2) is 0 Å². The molecular weight excluding hydrogens is 271 g/mol. The fraction of sp³-hybridized carbons (Fsp3) is 0.438. The minimum atomic E-state index is -0.162. The van der Waals surface area contributed by atoms with Crippen LogP contribution in [0, 0.1) is 5.82 Å². The second-order valence-electron chi connectivity index (χ2n) is 5.27. The molecule has 0 bridgehead atoms. The molecule has 1 aromatic heterocycles. The lowest BCUT2D eigenvalue weighted by atomic mass is 10.0. The van der Waals surface area contributed by atoms with Crippen LogP contribution in [0.2, 0.25) is 0 Å². The zero-order valence-electron chi connectivity index (χ0n) is 11.7. The summed E-state index contributed by atoms with van der Waals surface area (Å²) in [5, 5.41) is 3.37. The Bertz CT molecular complexity index is 564. The van der Waals surface area contributed by atoms with E-state index < -0.39 is 0 Å². The number of thiazole rings is 1. The molecule has 2 nitrogen and oxygen atoms in total. The van der Waals surface area contributed by atoms with Gasteiger partial charge in [-0.3, -0.25) is 4.90 Å². The number of likely N-dealkylation sites (tertiary alicyclic amines) is 1. The molecule has 1 saturated heterocycles. The highest BCUT2D eigenvalue weighted by Gasteiger charge is 2.26. The van der Waals surface area contributed by atoms with E-state index in [9.17, 15) is 4.39 Å². The van der Waals surface area contributed by atoms with Crippen LogP contribution in [0.1, 0.15) is 42.1 Å². The number of halogens is 1. The molecule has 0 aliphatic carbocycles. The van der Waals surface area contributed by atoms with Crippen LogP contribution in [-0.2, 0) is 13.0 Å². The molecule has 106 valence electrons. The molecule has 1 fully saturated rings. The van der Waals surface area contributed by atoms with Crippen LogP contribution in [0.15, 0.2) is 29.6 Å². The molecule has 1 atom stereocenters. The third kappa shape index (κ3) is 2.91. The second-order valence-corrected chi connectivity index (χ2v) is 6.21. The van der Waals surface area contributed by atoms with Crippen molar-refractivity contribution in [3.05, 3.63) is 51.7 Å². The van der Waals surface area contributed by atoms with E-state index >= 15 is 0 Å². The van der Waals surface area contributed by atoms with Crippen LogP contribution in [0.5, 0.6) is 0 Å². The van der Waals surface area contributed by atoms with Gasteiger partial charge in [-0.15, -0.1) is 11.3 Å². The Balaban J connectivity index is 1.73. The van der Waals surface area contributed by atoms with Crippen molar-refractivity contribution in [1.82, 2.24) is 9.88 Å². The summed E-state index contributed by atoms with van der Waals surface area (Å²) in [7, 11) is 0. The predicted molar refractivity (Wildman–Crippen MR) is 80.3 cm³/mol. The normalized spacial score (nSPS) is 19.6. The third-order valence-corrected chi connectivity index (χ3v) is 4.93. The first kappa shape index (κ1) is 13.7. The Labute approximate surface area is 123 Å². The Morgan fingerprint density at radius 2 is 2.15 bits per heavy atom. The standard InChI is InChI=1S/C16H19FN2S/c1-2-16-18-14(11-20-16)10-19-9-3-4-15(19)12-5-7-13(17)8-6-12/h5-8,11,15H,2-4,9-10H2,1H3. The zero-order chi connectivity index (χ0) is 13.9. The van der Waals surface area contributed by atoms with Gasteiger partial charge in [0.25, 0.3) is 0 Å². The van der Waals surface area contributed by atoms with Crippen molar-refractivity contribution in [2.24, 2.45) is 0 Å². The van der Waals surface area contributed by atoms with Crippen LogP contribution in [0.4, 0.5) is 4.39 Å². The Morgan fingerprint density at radius 1 is 1.35 bits per heavy atom. The topological polar surface area (TPSA) is 16.1 Å². The number of hydrogen-bond acceptors (Lipinski definition) is 3. The van der Waals surface area contributed by atoms with Gasteiger partial charge in [-0.25, -0.2) is 9.37 Å². The van der Waals surface area contributed by atoms with Gasteiger partial charge < -0.3 is 0 Å². The first-order valence-electron chi connectivity index (χ1n) is 7.19. The van der Waals surface area contributed by atoms with Gasteiger partial charge in [0.2, 0.25) is 0 Å². The molecule has 0 amide bonds. The molecule has 20 heavy (non-hydrogen) atoms. The van der Waals surface area contributed by atoms with Crippen LogP contribution >= 0.6 is 11.3 Å². The maximum absolute atomic E-state index is 13.0. The van der Waals surface area contributed by atoms with Crippen LogP contribution in [0.3, 0.4) is 0 Å². The zero-order valence-corrected chi connectivity index (χ0v) is 12.5. The third-order valence-electron chi connectivity index (χ3n) is 3.89. The van der Waals surface area contributed by atoms with Gasteiger partial charge in [-0.2, -0.15) is 0 Å². The average molecular weight is 290 g/mol. The van der Waals surface area contributed by atoms with E-state index in [-0.39, 0.29) is 5.82 Å². The molecule has 2 heterocycles. The van der Waals surface area contributed by atoms with E-state index in [0.29, 0.717) is 6.04 Å². The van der Waals surface area contributed by atoms with E-state index in [4.69, 9.17) is 0 Å². The quantitative estimate of drug-likeness (QED) is 0.839. The van der Waals surface area contributed by atoms with Crippen molar-refractivity contribution in [3.8, 4) is 0 Å². The molecule has 0 N–H and O–H groups in total. The van der Waals surface area contributed by atoms with Gasteiger partial charge in [-0.1, -0.05) is 19.1 Å². The summed E-state index contributed by atoms with van der Waals surface area (Å²) in [6, 6.07) is 7.35. The molecule has 1 aliphatic rings. The fourth-order valence-corrected chi connectivity index (χ4v) is 3.61. The molecule has 0 saturated carbocycles. The maximum atomic E-state index is 13.0. The molecule has 3 rings (SSSR count). The second kappa shape index (κ2) is 6.02. The van der Waals surface area contributed by atoms with E-state index in [1.807, 2.05) is 12.1 Å². The van der Waals surface area contributed by atoms with Crippen molar-refractivity contribution in [1.29, 1.82) is 0 Å². The van der Waals surface area contributed by atoms with E-state index in [0.717, 1.165) is 25.9 Å². The molecule has 1 aliphatic heterocycles. The van der Waals surface area contributed by atoms with E-state index in [1.54, 1.807) is 23.5 Å². The number of benzene rings is 1. The lowest BCUT2D eigenvalue weighted by Gasteiger charge is -2.24. The SMILES string of the molecule is CCc1nc(CN2CCCC2c2ccc(F)cc2)cs1. The monoisotopic (exact) mass is 290 g/mol.